The Bertz CT molecular complexity index is 1030. The minimum atomic E-state index is -3.74. The molecule has 1 heterocycles. The van der Waals surface area contributed by atoms with Crippen molar-refractivity contribution in [1.29, 1.82) is 0 Å². The number of carbonyl (C=O) groups is 1. The second kappa shape index (κ2) is 9.27. The number of nitrogens with one attached hydrogen (secondary N) is 1. The number of fused-ring (bicyclic) bond motifs is 1. The first-order valence-electron chi connectivity index (χ1n) is 8.79. The lowest BCUT2D eigenvalue weighted by Crippen LogP contribution is -2.39. The number of hydrogen-bond acceptors (Lipinski definition) is 5. The fourth-order valence-corrected chi connectivity index (χ4v) is 4.60. The average molecular weight is 419 g/mol. The van der Waals surface area contributed by atoms with E-state index in [9.17, 15) is 13.2 Å². The number of nitrogens with zero attached hydrogens (tertiary/aromatic N) is 1. The number of thioether (sulfide) groups is 1. The quantitative estimate of drug-likeness (QED) is 0.540. The van der Waals surface area contributed by atoms with Gasteiger partial charge in [-0.05, 0) is 35.0 Å². The van der Waals surface area contributed by atoms with Gasteiger partial charge in [0.25, 0.3) is 0 Å². The summed E-state index contributed by atoms with van der Waals surface area (Å²) >= 11 is 1.64. The monoisotopic (exact) mass is 418 g/mol. The summed E-state index contributed by atoms with van der Waals surface area (Å²) in [5.41, 5.74) is 0. The molecule has 0 radical (unpaired) electrons. The van der Waals surface area contributed by atoms with Crippen molar-refractivity contribution in [3.8, 4) is 0 Å². The van der Waals surface area contributed by atoms with E-state index in [1.54, 1.807) is 36.2 Å². The number of rotatable bonds is 9. The van der Waals surface area contributed by atoms with Crippen LogP contribution in [0.2, 0.25) is 0 Å². The number of furan rings is 1. The smallest absolute Gasteiger partial charge is 0.243 e. The van der Waals surface area contributed by atoms with E-state index in [4.69, 9.17) is 4.42 Å². The second-order valence-electron chi connectivity index (χ2n) is 6.25. The van der Waals surface area contributed by atoms with Crippen LogP contribution in [0.1, 0.15) is 5.76 Å². The molecule has 0 aliphatic rings. The average Bonchev–Trinajstić information content (AvgIpc) is 3.20. The van der Waals surface area contributed by atoms with Crippen LogP contribution < -0.4 is 5.32 Å². The summed E-state index contributed by atoms with van der Waals surface area (Å²) in [6, 6.07) is 16.3. The molecule has 8 heteroatoms. The maximum Gasteiger partial charge on any atom is 0.243 e. The molecule has 0 aliphatic carbocycles. The molecule has 1 amide bonds. The van der Waals surface area contributed by atoms with E-state index in [0.717, 1.165) is 26.6 Å². The lowest BCUT2D eigenvalue weighted by molar-refractivity contribution is -0.121. The van der Waals surface area contributed by atoms with Crippen molar-refractivity contribution in [1.82, 2.24) is 9.62 Å². The Morgan fingerprint density at radius 3 is 2.64 bits per heavy atom. The van der Waals surface area contributed by atoms with Crippen molar-refractivity contribution in [3.63, 3.8) is 0 Å². The molecule has 0 saturated heterocycles. The third kappa shape index (κ3) is 5.15. The highest BCUT2D eigenvalue weighted by molar-refractivity contribution is 7.98. The Hall–Kier alpha value is -2.29. The number of likely N-dealkylation sites (N-methyl/N-ethyl adjacent to an activating group) is 1. The molecule has 0 saturated carbocycles. The van der Waals surface area contributed by atoms with Gasteiger partial charge in [0.15, 0.2) is 0 Å². The summed E-state index contributed by atoms with van der Waals surface area (Å²) in [6.07, 6.45) is 1.63. The van der Waals surface area contributed by atoms with Crippen LogP contribution in [0.25, 0.3) is 10.8 Å². The molecule has 0 spiro atoms. The molecule has 2 aromatic carbocycles. The van der Waals surface area contributed by atoms with Crippen molar-refractivity contribution >= 4 is 38.5 Å². The Kier molecular flexibility index (Phi) is 6.77. The van der Waals surface area contributed by atoms with Crippen molar-refractivity contribution in [3.05, 3.63) is 66.6 Å². The molecular weight excluding hydrogens is 396 g/mol. The Morgan fingerprint density at radius 2 is 1.89 bits per heavy atom. The number of carbonyl (C=O) groups excluding carboxylic acids is 1. The van der Waals surface area contributed by atoms with Gasteiger partial charge in [-0.3, -0.25) is 4.79 Å². The van der Waals surface area contributed by atoms with E-state index in [0.29, 0.717) is 12.3 Å². The highest BCUT2D eigenvalue weighted by Gasteiger charge is 2.23. The molecule has 28 heavy (non-hydrogen) atoms. The molecule has 0 fully saturated rings. The molecule has 1 N–H and O–H groups in total. The van der Waals surface area contributed by atoms with Crippen LogP contribution in [-0.4, -0.2) is 44.5 Å². The van der Waals surface area contributed by atoms with Gasteiger partial charge in [-0.1, -0.05) is 30.3 Å². The first kappa shape index (κ1) is 20.4. The molecular formula is C20H22N2O4S2. The van der Waals surface area contributed by atoms with Crippen molar-refractivity contribution in [2.24, 2.45) is 0 Å². The van der Waals surface area contributed by atoms with Crippen molar-refractivity contribution in [2.75, 3.05) is 25.9 Å². The van der Waals surface area contributed by atoms with E-state index >= 15 is 0 Å². The molecule has 1 aromatic heterocycles. The maximum absolute atomic E-state index is 12.8. The highest BCUT2D eigenvalue weighted by atomic mass is 32.2. The predicted octanol–water partition coefficient (Wildman–Crippen LogP) is 3.10. The topological polar surface area (TPSA) is 79.6 Å². The van der Waals surface area contributed by atoms with Gasteiger partial charge in [-0.2, -0.15) is 16.1 Å². The highest BCUT2D eigenvalue weighted by Crippen LogP contribution is 2.21. The molecule has 0 atom stereocenters. The molecule has 148 valence electrons. The van der Waals surface area contributed by atoms with Crippen LogP contribution in [0, 0.1) is 0 Å². The first-order chi connectivity index (χ1) is 13.5. The Labute approximate surface area is 169 Å². The lowest BCUT2D eigenvalue weighted by atomic mass is 10.1. The van der Waals surface area contributed by atoms with Crippen LogP contribution in [0.15, 0.2) is 70.2 Å². The maximum atomic E-state index is 12.8. The van der Waals surface area contributed by atoms with Gasteiger partial charge >= 0.3 is 0 Å². The van der Waals surface area contributed by atoms with Crippen molar-refractivity contribution in [2.45, 2.75) is 10.6 Å². The molecule has 0 bridgehead atoms. The largest absolute Gasteiger partial charge is 0.468 e. The van der Waals surface area contributed by atoms with Gasteiger partial charge in [-0.15, -0.1) is 0 Å². The second-order valence-corrected chi connectivity index (χ2v) is 9.40. The molecule has 6 nitrogen and oxygen atoms in total. The van der Waals surface area contributed by atoms with E-state index in [-0.39, 0.29) is 17.3 Å². The third-order valence-electron chi connectivity index (χ3n) is 4.19. The predicted molar refractivity (Wildman–Crippen MR) is 112 cm³/mol. The van der Waals surface area contributed by atoms with Crippen LogP contribution in [0.4, 0.5) is 0 Å². The molecule has 3 rings (SSSR count). The van der Waals surface area contributed by atoms with Crippen LogP contribution in [0.5, 0.6) is 0 Å². The SMILES string of the molecule is CN(CC(=O)NCCSCc1ccco1)S(=O)(=O)c1ccc2ccccc2c1. The number of amides is 1. The van der Waals surface area contributed by atoms with Crippen LogP contribution in [0.3, 0.4) is 0 Å². The zero-order valence-corrected chi connectivity index (χ0v) is 17.1. The van der Waals surface area contributed by atoms with E-state index in [1.807, 2.05) is 36.4 Å². The third-order valence-corrected chi connectivity index (χ3v) is 6.97. The van der Waals surface area contributed by atoms with Crippen LogP contribution in [-0.2, 0) is 20.6 Å². The fraction of sp³-hybridized carbons (Fsp3) is 0.250. The lowest BCUT2D eigenvalue weighted by Gasteiger charge is -2.17. The summed E-state index contributed by atoms with van der Waals surface area (Å²) in [4.78, 5) is 12.3. The van der Waals surface area contributed by atoms with Crippen molar-refractivity contribution < 1.29 is 17.6 Å². The Balaban J connectivity index is 1.50. The summed E-state index contributed by atoms with van der Waals surface area (Å²) in [5.74, 6) is 2.01. The van der Waals surface area contributed by atoms with E-state index in [2.05, 4.69) is 5.32 Å². The molecule has 0 aliphatic heterocycles. The van der Waals surface area contributed by atoms with E-state index in [1.165, 1.54) is 7.05 Å². The summed E-state index contributed by atoms with van der Waals surface area (Å²) < 4.78 is 31.8. The zero-order chi connectivity index (χ0) is 20.0. The Morgan fingerprint density at radius 1 is 1.11 bits per heavy atom. The van der Waals surface area contributed by atoms with Crippen LogP contribution >= 0.6 is 11.8 Å². The minimum Gasteiger partial charge on any atom is -0.468 e. The van der Waals surface area contributed by atoms with Gasteiger partial charge in [0.2, 0.25) is 15.9 Å². The summed E-state index contributed by atoms with van der Waals surface area (Å²) in [7, 11) is -2.32. The van der Waals surface area contributed by atoms with Gasteiger partial charge in [0.05, 0.1) is 23.5 Å². The van der Waals surface area contributed by atoms with Gasteiger partial charge in [0, 0.05) is 19.3 Å². The van der Waals surface area contributed by atoms with Gasteiger partial charge < -0.3 is 9.73 Å². The minimum absolute atomic E-state index is 0.176. The van der Waals surface area contributed by atoms with Gasteiger partial charge in [-0.25, -0.2) is 8.42 Å². The normalized spacial score (nSPS) is 11.8. The summed E-state index contributed by atoms with van der Waals surface area (Å²) in [5, 5.41) is 4.56. The standard InChI is InChI=1S/C20H22N2O4S2/c1-22(14-20(23)21-10-12-27-15-18-7-4-11-26-18)28(24,25)19-9-8-16-5-2-3-6-17(16)13-19/h2-9,11,13H,10,12,14-15H2,1H3,(H,21,23). The summed E-state index contributed by atoms with van der Waals surface area (Å²) in [6.45, 7) is 0.242. The molecule has 0 unspecified atom stereocenters. The van der Waals surface area contributed by atoms with Gasteiger partial charge in [0.1, 0.15) is 5.76 Å². The number of benzene rings is 2. The number of hydrogen-bond donors (Lipinski definition) is 1. The fourth-order valence-electron chi connectivity index (χ4n) is 2.68. The number of sulfonamides is 1. The first-order valence-corrected chi connectivity index (χ1v) is 11.4. The zero-order valence-electron chi connectivity index (χ0n) is 15.5. The van der Waals surface area contributed by atoms with E-state index < -0.39 is 10.0 Å². The molecule has 3 aromatic rings.